The number of aromatic nitrogens is 3. The second kappa shape index (κ2) is 4.77. The van der Waals surface area contributed by atoms with Crippen molar-refractivity contribution in [2.45, 2.75) is 19.4 Å². The van der Waals surface area contributed by atoms with Crippen LogP contribution in [0.5, 0.6) is 0 Å². The number of pyridine rings is 1. The second-order valence-electron chi connectivity index (χ2n) is 5.37. The van der Waals surface area contributed by atoms with Crippen molar-refractivity contribution >= 4 is 16.7 Å². The highest BCUT2D eigenvalue weighted by atomic mass is 16.1. The summed E-state index contributed by atoms with van der Waals surface area (Å²) in [5, 5.41) is 3.41. The lowest BCUT2D eigenvalue weighted by Crippen LogP contribution is -2.18. The summed E-state index contributed by atoms with van der Waals surface area (Å²) >= 11 is 0. The Morgan fingerprint density at radius 2 is 2.19 bits per heavy atom. The van der Waals surface area contributed by atoms with Gasteiger partial charge in [-0.1, -0.05) is 6.07 Å². The Hall–Kier alpha value is -2.56. The third-order valence-electron chi connectivity index (χ3n) is 3.95. The van der Waals surface area contributed by atoms with Crippen LogP contribution in [0.3, 0.4) is 0 Å². The molecule has 1 aliphatic rings. The van der Waals surface area contributed by atoms with Crippen molar-refractivity contribution in [3.63, 3.8) is 0 Å². The van der Waals surface area contributed by atoms with E-state index in [0.29, 0.717) is 6.54 Å². The molecule has 0 atom stereocenters. The van der Waals surface area contributed by atoms with Gasteiger partial charge in [0.05, 0.1) is 17.6 Å². The molecule has 5 heteroatoms. The number of benzene rings is 1. The predicted octanol–water partition coefficient (Wildman–Crippen LogP) is 2.13. The van der Waals surface area contributed by atoms with Gasteiger partial charge in [0.2, 0.25) is 0 Å². The molecular formula is C16H16N4O. The van der Waals surface area contributed by atoms with Crippen LogP contribution in [0.2, 0.25) is 0 Å². The lowest BCUT2D eigenvalue weighted by Gasteiger charge is -2.17. The lowest BCUT2D eigenvalue weighted by atomic mass is 10.0. The molecule has 4 rings (SSSR count). The van der Waals surface area contributed by atoms with Crippen LogP contribution >= 0.6 is 0 Å². The van der Waals surface area contributed by atoms with Gasteiger partial charge in [-0.3, -0.25) is 4.79 Å². The van der Waals surface area contributed by atoms with Gasteiger partial charge in [0.25, 0.3) is 5.56 Å². The van der Waals surface area contributed by atoms with Crippen molar-refractivity contribution in [2.75, 3.05) is 11.9 Å². The monoisotopic (exact) mass is 280 g/mol. The molecule has 0 fully saturated rings. The third kappa shape index (κ3) is 2.11. The molecule has 1 aliphatic heterocycles. The smallest absolute Gasteiger partial charge is 0.250 e. The minimum Gasteiger partial charge on any atom is -0.385 e. The standard InChI is InChI=1S/C16H16N4O/c21-15-5-1-2-9-20(15)10-14-18-13-7-6-12-11(16(13)19-14)4-3-8-17-12/h1-2,5-7,9,17H,3-4,8,10H2,(H,18,19). The summed E-state index contributed by atoms with van der Waals surface area (Å²) in [7, 11) is 0. The van der Waals surface area contributed by atoms with Crippen molar-refractivity contribution in [3.8, 4) is 0 Å². The van der Waals surface area contributed by atoms with E-state index < -0.39 is 0 Å². The van der Waals surface area contributed by atoms with Gasteiger partial charge < -0.3 is 14.9 Å². The molecule has 3 aromatic rings. The van der Waals surface area contributed by atoms with Crippen molar-refractivity contribution in [3.05, 3.63) is 58.3 Å². The molecule has 2 aromatic heterocycles. The molecule has 0 saturated carbocycles. The summed E-state index contributed by atoms with van der Waals surface area (Å²) in [6, 6.07) is 9.33. The van der Waals surface area contributed by atoms with E-state index in [2.05, 4.69) is 22.4 Å². The lowest BCUT2D eigenvalue weighted by molar-refractivity contribution is 0.726. The van der Waals surface area contributed by atoms with Gasteiger partial charge in [0.1, 0.15) is 5.82 Å². The number of nitrogens with zero attached hydrogens (tertiary/aromatic N) is 2. The summed E-state index contributed by atoms with van der Waals surface area (Å²) in [5.74, 6) is 0.817. The van der Waals surface area contributed by atoms with Crippen LogP contribution in [0.25, 0.3) is 11.0 Å². The van der Waals surface area contributed by atoms with Crippen LogP contribution in [0.15, 0.2) is 41.3 Å². The first-order chi connectivity index (χ1) is 10.3. The summed E-state index contributed by atoms with van der Waals surface area (Å²) in [6.45, 7) is 1.49. The number of nitrogens with one attached hydrogen (secondary N) is 2. The average molecular weight is 280 g/mol. The number of rotatable bonds is 2. The number of hydrogen-bond acceptors (Lipinski definition) is 3. The van der Waals surface area contributed by atoms with Crippen LogP contribution in [0.1, 0.15) is 17.8 Å². The highest BCUT2D eigenvalue weighted by molar-refractivity contribution is 5.85. The number of imidazole rings is 1. The second-order valence-corrected chi connectivity index (χ2v) is 5.37. The fraction of sp³-hybridized carbons (Fsp3) is 0.250. The minimum absolute atomic E-state index is 0.0124. The van der Waals surface area contributed by atoms with E-state index in [-0.39, 0.29) is 5.56 Å². The van der Waals surface area contributed by atoms with Gasteiger partial charge in [0.15, 0.2) is 0 Å². The molecule has 0 aliphatic carbocycles. The van der Waals surface area contributed by atoms with Gasteiger partial charge >= 0.3 is 0 Å². The molecule has 2 N–H and O–H groups in total. The molecule has 0 unspecified atom stereocenters. The normalized spacial score (nSPS) is 13.9. The van der Waals surface area contributed by atoms with E-state index >= 15 is 0 Å². The molecule has 0 amide bonds. The van der Waals surface area contributed by atoms with Crippen LogP contribution in [0.4, 0.5) is 5.69 Å². The first-order valence-electron chi connectivity index (χ1n) is 7.21. The average Bonchev–Trinajstić information content (AvgIpc) is 2.93. The number of aromatic amines is 1. The Morgan fingerprint density at radius 3 is 3.10 bits per heavy atom. The summed E-state index contributed by atoms with van der Waals surface area (Å²) < 4.78 is 1.66. The molecule has 3 heterocycles. The Bertz CT molecular complexity index is 862. The van der Waals surface area contributed by atoms with E-state index in [1.807, 2.05) is 6.07 Å². The summed E-state index contributed by atoms with van der Waals surface area (Å²) in [5.41, 5.74) is 4.52. The van der Waals surface area contributed by atoms with Gasteiger partial charge in [-0.2, -0.15) is 0 Å². The first kappa shape index (κ1) is 12.2. The van der Waals surface area contributed by atoms with Gasteiger partial charge in [-0.15, -0.1) is 0 Å². The number of aryl methyl sites for hydroxylation is 1. The molecule has 0 spiro atoms. The Balaban J connectivity index is 1.77. The zero-order valence-electron chi connectivity index (χ0n) is 11.6. The highest BCUT2D eigenvalue weighted by Crippen LogP contribution is 2.28. The predicted molar refractivity (Wildman–Crippen MR) is 82.7 cm³/mol. The number of anilines is 1. The van der Waals surface area contributed by atoms with Crippen molar-refractivity contribution < 1.29 is 0 Å². The van der Waals surface area contributed by atoms with E-state index in [0.717, 1.165) is 36.2 Å². The molecular weight excluding hydrogens is 264 g/mol. The quantitative estimate of drug-likeness (QED) is 0.756. The number of fused-ring (bicyclic) bond motifs is 3. The summed E-state index contributed by atoms with van der Waals surface area (Å²) in [6.07, 6.45) is 3.97. The molecule has 0 saturated heterocycles. The largest absolute Gasteiger partial charge is 0.385 e. The minimum atomic E-state index is -0.0124. The first-order valence-corrected chi connectivity index (χ1v) is 7.21. The van der Waals surface area contributed by atoms with Crippen LogP contribution in [0, 0.1) is 0 Å². The zero-order valence-corrected chi connectivity index (χ0v) is 11.6. The van der Waals surface area contributed by atoms with E-state index in [1.165, 1.54) is 11.3 Å². The molecule has 21 heavy (non-hydrogen) atoms. The van der Waals surface area contributed by atoms with Crippen LogP contribution in [-0.4, -0.2) is 21.1 Å². The maximum atomic E-state index is 11.8. The van der Waals surface area contributed by atoms with Crippen molar-refractivity contribution in [2.24, 2.45) is 0 Å². The molecule has 0 radical (unpaired) electrons. The summed E-state index contributed by atoms with van der Waals surface area (Å²) in [4.78, 5) is 19.8. The van der Waals surface area contributed by atoms with Gasteiger partial charge in [0, 0.05) is 30.1 Å². The molecule has 5 nitrogen and oxygen atoms in total. The Labute approximate surface area is 121 Å². The Kier molecular flexibility index (Phi) is 2.77. The maximum absolute atomic E-state index is 11.8. The molecule has 1 aromatic carbocycles. The van der Waals surface area contributed by atoms with Crippen molar-refractivity contribution in [1.29, 1.82) is 0 Å². The van der Waals surface area contributed by atoms with Crippen molar-refractivity contribution in [1.82, 2.24) is 14.5 Å². The number of H-pyrrole nitrogens is 1. The van der Waals surface area contributed by atoms with Crippen LogP contribution in [-0.2, 0) is 13.0 Å². The van der Waals surface area contributed by atoms with Crippen LogP contribution < -0.4 is 10.9 Å². The molecule has 0 bridgehead atoms. The third-order valence-corrected chi connectivity index (χ3v) is 3.95. The fourth-order valence-corrected chi connectivity index (χ4v) is 2.92. The Morgan fingerprint density at radius 1 is 1.24 bits per heavy atom. The van der Waals surface area contributed by atoms with E-state index in [9.17, 15) is 4.79 Å². The molecule has 106 valence electrons. The highest BCUT2D eigenvalue weighted by Gasteiger charge is 2.15. The fourth-order valence-electron chi connectivity index (χ4n) is 2.92. The van der Waals surface area contributed by atoms with Gasteiger partial charge in [-0.25, -0.2) is 4.98 Å². The topological polar surface area (TPSA) is 62.7 Å². The van der Waals surface area contributed by atoms with E-state index in [4.69, 9.17) is 4.98 Å². The van der Waals surface area contributed by atoms with Gasteiger partial charge in [-0.05, 0) is 31.0 Å². The SMILES string of the molecule is O=c1ccccn1Cc1nc2c3c(ccc2[nH]1)NCCC3. The van der Waals surface area contributed by atoms with E-state index in [1.54, 1.807) is 22.9 Å². The zero-order chi connectivity index (χ0) is 14.2. The maximum Gasteiger partial charge on any atom is 0.250 e. The number of hydrogen-bond donors (Lipinski definition) is 2.